The van der Waals surface area contributed by atoms with Crippen molar-refractivity contribution < 1.29 is 28.8 Å². The Morgan fingerprint density at radius 2 is 1.97 bits per heavy atom. The number of carbonyl (C=O) groups is 1. The summed E-state index contributed by atoms with van der Waals surface area (Å²) in [5.74, 6) is 0.875. The van der Waals surface area contributed by atoms with E-state index in [1.54, 1.807) is 14.2 Å². The number of ether oxygens (including phenoxy) is 4. The molecule has 33 heavy (non-hydrogen) atoms. The molecular formula is C24H36N2O6S. The molecule has 0 bridgehead atoms. The number of aliphatic hydroxyl groups is 1. The zero-order valence-electron chi connectivity index (χ0n) is 20.3. The smallest absolute Gasteiger partial charge is 0.416 e. The molecule has 0 spiro atoms. The maximum absolute atomic E-state index is 12.6. The van der Waals surface area contributed by atoms with Gasteiger partial charge in [0, 0.05) is 19.6 Å². The van der Waals surface area contributed by atoms with Crippen LogP contribution in [0.15, 0.2) is 29.3 Å². The minimum atomic E-state index is -0.591. The fourth-order valence-electron chi connectivity index (χ4n) is 3.91. The summed E-state index contributed by atoms with van der Waals surface area (Å²) in [5, 5.41) is 9.88. The maximum Gasteiger partial charge on any atom is 0.416 e. The first kappa shape index (κ1) is 25.8. The van der Waals surface area contributed by atoms with Crippen LogP contribution in [0.3, 0.4) is 0 Å². The average molecular weight is 481 g/mol. The zero-order chi connectivity index (χ0) is 24.2. The zero-order valence-corrected chi connectivity index (χ0v) is 21.1. The number of benzene rings is 1. The number of thioether (sulfide) groups is 1. The van der Waals surface area contributed by atoms with Crippen LogP contribution in [0.5, 0.6) is 5.75 Å². The van der Waals surface area contributed by atoms with Crippen molar-refractivity contribution >= 4 is 23.0 Å². The molecule has 1 aromatic rings. The van der Waals surface area contributed by atoms with Crippen molar-refractivity contribution in [2.75, 3.05) is 20.8 Å². The van der Waals surface area contributed by atoms with E-state index in [1.807, 2.05) is 45.0 Å². The van der Waals surface area contributed by atoms with Crippen LogP contribution in [-0.2, 0) is 20.8 Å². The molecule has 3 rings (SSSR count). The second-order valence-corrected chi connectivity index (χ2v) is 10.5. The lowest BCUT2D eigenvalue weighted by molar-refractivity contribution is -0.139. The Hall–Kier alpha value is -1.81. The van der Waals surface area contributed by atoms with E-state index < -0.39 is 11.7 Å². The molecule has 1 saturated heterocycles. The Morgan fingerprint density at radius 3 is 2.58 bits per heavy atom. The van der Waals surface area contributed by atoms with Gasteiger partial charge in [-0.25, -0.2) is 4.79 Å². The first-order chi connectivity index (χ1) is 15.6. The lowest BCUT2D eigenvalue weighted by Gasteiger charge is -2.41. The van der Waals surface area contributed by atoms with Gasteiger partial charge in [-0.1, -0.05) is 30.8 Å². The highest BCUT2D eigenvalue weighted by Crippen LogP contribution is 2.42. The van der Waals surface area contributed by atoms with Crippen LogP contribution in [0.1, 0.15) is 46.1 Å². The maximum atomic E-state index is 12.6. The largest absolute Gasteiger partial charge is 0.497 e. The van der Waals surface area contributed by atoms with Crippen molar-refractivity contribution in [2.24, 2.45) is 10.9 Å². The molecule has 1 aromatic carbocycles. The summed E-state index contributed by atoms with van der Waals surface area (Å²) in [6, 6.07) is 7.55. The van der Waals surface area contributed by atoms with Crippen LogP contribution in [0.4, 0.5) is 4.79 Å². The van der Waals surface area contributed by atoms with E-state index in [2.05, 4.69) is 6.92 Å². The van der Waals surface area contributed by atoms with Crippen LogP contribution in [0, 0.1) is 5.92 Å². The van der Waals surface area contributed by atoms with E-state index in [-0.39, 0.29) is 36.2 Å². The monoisotopic (exact) mass is 480 g/mol. The van der Waals surface area contributed by atoms with Gasteiger partial charge in [-0.15, -0.1) is 0 Å². The van der Waals surface area contributed by atoms with Crippen molar-refractivity contribution in [3.05, 3.63) is 29.8 Å². The predicted octanol–water partition coefficient (Wildman–Crippen LogP) is 4.05. The average Bonchev–Trinajstić information content (AvgIpc) is 3.19. The van der Waals surface area contributed by atoms with Crippen LogP contribution < -0.4 is 4.74 Å². The fraction of sp³-hybridized carbons (Fsp3) is 0.667. The van der Waals surface area contributed by atoms with Gasteiger partial charge in [-0.3, -0.25) is 9.89 Å². The molecule has 0 saturated carbocycles. The Kier molecular flexibility index (Phi) is 8.66. The molecule has 1 amide bonds. The van der Waals surface area contributed by atoms with Crippen molar-refractivity contribution in [3.63, 3.8) is 0 Å². The van der Waals surface area contributed by atoms with Crippen LogP contribution in [-0.4, -0.2) is 71.3 Å². The van der Waals surface area contributed by atoms with Crippen molar-refractivity contribution in [2.45, 2.75) is 76.4 Å². The lowest BCUT2D eigenvalue weighted by Crippen LogP contribution is -2.51. The van der Waals surface area contributed by atoms with Gasteiger partial charge >= 0.3 is 6.09 Å². The molecule has 2 aliphatic heterocycles. The number of hydrogen-bond donors (Lipinski definition) is 1. The summed E-state index contributed by atoms with van der Waals surface area (Å²) in [7, 11) is 3.31. The van der Waals surface area contributed by atoms with Crippen molar-refractivity contribution in [1.29, 1.82) is 0 Å². The molecule has 0 unspecified atom stereocenters. The Labute approximate surface area is 200 Å². The number of aliphatic hydroxyl groups excluding tert-OH is 1. The molecule has 0 aliphatic carbocycles. The van der Waals surface area contributed by atoms with Gasteiger partial charge in [-0.05, 0) is 51.3 Å². The summed E-state index contributed by atoms with van der Waals surface area (Å²) >= 11 is 1.42. The van der Waals surface area contributed by atoms with Crippen LogP contribution in [0.2, 0.25) is 0 Å². The van der Waals surface area contributed by atoms with Gasteiger partial charge in [0.1, 0.15) is 22.8 Å². The number of amidine groups is 1. The quantitative estimate of drug-likeness (QED) is 0.630. The van der Waals surface area contributed by atoms with E-state index >= 15 is 0 Å². The highest BCUT2D eigenvalue weighted by atomic mass is 32.2. The van der Waals surface area contributed by atoms with E-state index in [4.69, 9.17) is 23.9 Å². The summed E-state index contributed by atoms with van der Waals surface area (Å²) in [5.41, 5.74) is 0.191. The standard InChI is InChI=1S/C24H36N2O6S/c1-15-18(8-7-13-27)31-21-19(20(15)30-14-16-9-11-17(29-6)12-10-16)25-22(33-21)26(5)23(28)32-24(2,3)4/h9-12,15,18-21,27H,7-8,13-14H2,1-6H3/t15-,18-,19-,20+,21-/m1/s1. The third-order valence-corrected chi connectivity index (χ3v) is 6.92. The molecule has 1 fully saturated rings. The van der Waals surface area contributed by atoms with E-state index in [0.717, 1.165) is 17.7 Å². The summed E-state index contributed by atoms with van der Waals surface area (Å²) in [4.78, 5) is 18.8. The van der Waals surface area contributed by atoms with Gasteiger partial charge in [-0.2, -0.15) is 0 Å². The molecule has 5 atom stereocenters. The summed E-state index contributed by atoms with van der Waals surface area (Å²) < 4.78 is 23.5. The number of rotatable bonds is 7. The predicted molar refractivity (Wildman–Crippen MR) is 129 cm³/mol. The number of amides is 1. The minimum Gasteiger partial charge on any atom is -0.497 e. The molecule has 2 heterocycles. The van der Waals surface area contributed by atoms with Gasteiger partial charge in [0.15, 0.2) is 5.17 Å². The van der Waals surface area contributed by atoms with Gasteiger partial charge < -0.3 is 24.1 Å². The molecule has 184 valence electrons. The van der Waals surface area contributed by atoms with E-state index in [9.17, 15) is 9.90 Å². The third-order valence-electron chi connectivity index (χ3n) is 5.71. The number of methoxy groups -OCH3 is 1. The number of fused-ring (bicyclic) bond motifs is 1. The van der Waals surface area contributed by atoms with Crippen molar-refractivity contribution in [3.8, 4) is 5.75 Å². The fourth-order valence-corrected chi connectivity index (χ4v) is 5.09. The molecule has 2 aliphatic rings. The topological polar surface area (TPSA) is 89.8 Å². The Balaban J connectivity index is 1.76. The highest BCUT2D eigenvalue weighted by Gasteiger charge is 2.49. The second-order valence-electron chi connectivity index (χ2n) is 9.45. The molecule has 8 nitrogen and oxygen atoms in total. The lowest BCUT2D eigenvalue weighted by atomic mass is 9.87. The summed E-state index contributed by atoms with van der Waals surface area (Å²) in [6.45, 7) is 8.17. The number of nitrogens with zero attached hydrogens (tertiary/aromatic N) is 2. The summed E-state index contributed by atoms with van der Waals surface area (Å²) in [6.07, 6.45) is 0.696. The number of aliphatic imine (C=N–C) groups is 1. The molecule has 0 aromatic heterocycles. The van der Waals surface area contributed by atoms with Crippen molar-refractivity contribution in [1.82, 2.24) is 4.90 Å². The van der Waals surface area contributed by atoms with Crippen LogP contribution >= 0.6 is 11.8 Å². The minimum absolute atomic E-state index is 0.0619. The first-order valence-electron chi connectivity index (χ1n) is 11.3. The molecule has 0 radical (unpaired) electrons. The molecular weight excluding hydrogens is 444 g/mol. The third kappa shape index (κ3) is 6.62. The van der Waals surface area contributed by atoms with Crippen LogP contribution in [0.25, 0.3) is 0 Å². The van der Waals surface area contributed by atoms with E-state index in [0.29, 0.717) is 18.2 Å². The Bertz CT molecular complexity index is 825. The molecule has 9 heteroatoms. The van der Waals surface area contributed by atoms with Gasteiger partial charge in [0.2, 0.25) is 0 Å². The highest BCUT2D eigenvalue weighted by molar-refractivity contribution is 8.14. The number of carbonyl (C=O) groups excluding carboxylic acids is 1. The second kappa shape index (κ2) is 11.1. The number of hydrogen-bond acceptors (Lipinski definition) is 8. The normalized spacial score (nSPS) is 27.0. The van der Waals surface area contributed by atoms with Gasteiger partial charge in [0.25, 0.3) is 0 Å². The SMILES string of the molecule is COc1ccc(CO[C@H]2[C@H](C)[C@@H](CCCO)O[C@@H]3SC(N(C)C(=O)OC(C)(C)C)=N[C@H]23)cc1. The molecule has 1 N–H and O–H groups in total. The first-order valence-corrected chi connectivity index (χ1v) is 12.2. The Morgan fingerprint density at radius 1 is 1.27 bits per heavy atom. The van der Waals surface area contributed by atoms with Gasteiger partial charge in [0.05, 0.1) is 25.9 Å². The van der Waals surface area contributed by atoms with E-state index in [1.165, 1.54) is 16.7 Å².